The first-order chi connectivity index (χ1) is 12.6. The number of nitrogens with zero attached hydrogens (tertiary/aromatic N) is 1. The van der Waals surface area contributed by atoms with Gasteiger partial charge in [0.25, 0.3) is 5.91 Å². The molecule has 2 fully saturated rings. The number of ether oxygens (including phenoxy) is 1. The first-order valence-corrected chi connectivity index (χ1v) is 9.41. The van der Waals surface area contributed by atoms with Gasteiger partial charge in [-0.05, 0) is 42.9 Å². The van der Waals surface area contributed by atoms with Crippen LogP contribution in [0.1, 0.15) is 49.5 Å². The molecule has 2 amide bonds. The number of piperidine rings is 1. The van der Waals surface area contributed by atoms with Crippen molar-refractivity contribution in [2.24, 2.45) is 17.1 Å². The summed E-state index contributed by atoms with van der Waals surface area (Å²) in [7, 11) is 0. The summed E-state index contributed by atoms with van der Waals surface area (Å²) >= 11 is 0. The zero-order valence-electron chi connectivity index (χ0n) is 16.2. The molecule has 0 radical (unpaired) electrons. The second kappa shape index (κ2) is 5.75. The second-order valence-corrected chi connectivity index (χ2v) is 8.88. The number of carbonyl (C=O) groups is 2. The Morgan fingerprint density at radius 1 is 1.33 bits per heavy atom. The van der Waals surface area contributed by atoms with Gasteiger partial charge in [0, 0.05) is 23.4 Å². The fourth-order valence-electron chi connectivity index (χ4n) is 5.20. The minimum Gasteiger partial charge on any atom is -0.464 e. The Bertz CT molecular complexity index is 926. The Labute approximate surface area is 158 Å². The highest BCUT2D eigenvalue weighted by atomic mass is 16.6. The predicted octanol–water partition coefficient (Wildman–Crippen LogP) is 3.86. The van der Waals surface area contributed by atoms with Crippen LogP contribution in [-0.4, -0.2) is 35.1 Å². The minimum atomic E-state index is -0.776. The number of fused-ring (bicyclic) bond motifs is 3. The lowest BCUT2D eigenvalue weighted by atomic mass is 9.70. The molecule has 1 aromatic heterocycles. The fourth-order valence-corrected chi connectivity index (χ4v) is 5.20. The van der Waals surface area contributed by atoms with Gasteiger partial charge < -0.3 is 19.8 Å². The van der Waals surface area contributed by atoms with E-state index in [4.69, 9.17) is 14.9 Å². The van der Waals surface area contributed by atoms with Crippen molar-refractivity contribution in [1.82, 2.24) is 4.90 Å². The molecule has 144 valence electrons. The molecule has 0 spiro atoms. The molecule has 2 aliphatic rings. The number of hydrogen-bond donors (Lipinski definition) is 1. The largest absolute Gasteiger partial charge is 0.464 e. The Morgan fingerprint density at radius 2 is 2.07 bits per heavy atom. The number of rotatable bonds is 2. The van der Waals surface area contributed by atoms with Gasteiger partial charge in [0.15, 0.2) is 0 Å². The summed E-state index contributed by atoms with van der Waals surface area (Å²) < 4.78 is 11.1. The molecule has 2 unspecified atom stereocenters. The van der Waals surface area contributed by atoms with Crippen LogP contribution in [-0.2, 0) is 4.74 Å². The van der Waals surface area contributed by atoms with Crippen LogP contribution >= 0.6 is 0 Å². The van der Waals surface area contributed by atoms with Crippen LogP contribution in [0.2, 0.25) is 0 Å². The molecule has 2 heterocycles. The zero-order valence-corrected chi connectivity index (χ0v) is 16.2. The van der Waals surface area contributed by atoms with Gasteiger partial charge in [-0.2, -0.15) is 0 Å². The van der Waals surface area contributed by atoms with E-state index in [1.807, 2.05) is 24.0 Å². The monoisotopic (exact) mass is 370 g/mol. The van der Waals surface area contributed by atoms with Crippen molar-refractivity contribution in [3.63, 3.8) is 0 Å². The second-order valence-electron chi connectivity index (χ2n) is 8.88. The van der Waals surface area contributed by atoms with Gasteiger partial charge >= 0.3 is 6.09 Å². The lowest BCUT2D eigenvalue weighted by molar-refractivity contribution is -0.0359. The summed E-state index contributed by atoms with van der Waals surface area (Å²) in [6.45, 7) is 8.84. The molecule has 1 saturated carbocycles. The number of hydrogen-bond acceptors (Lipinski definition) is 4. The quantitative estimate of drug-likeness (QED) is 0.870. The van der Waals surface area contributed by atoms with E-state index in [9.17, 15) is 9.59 Å². The summed E-state index contributed by atoms with van der Waals surface area (Å²) in [5.41, 5.74) is 6.87. The Morgan fingerprint density at radius 3 is 2.74 bits per heavy atom. The zero-order chi connectivity index (χ0) is 19.6. The van der Waals surface area contributed by atoms with Gasteiger partial charge in [-0.25, -0.2) is 4.79 Å². The molecule has 3 atom stereocenters. The molecule has 2 N–H and O–H groups in total. The Balaban J connectivity index is 1.75. The molecule has 6 nitrogen and oxygen atoms in total. The molecule has 1 aromatic carbocycles. The van der Waals surface area contributed by atoms with E-state index < -0.39 is 11.6 Å². The maximum atomic E-state index is 13.5. The third kappa shape index (κ3) is 2.46. The average Bonchev–Trinajstić information content (AvgIpc) is 3.24. The van der Waals surface area contributed by atoms with E-state index in [0.29, 0.717) is 17.7 Å². The van der Waals surface area contributed by atoms with Crippen molar-refractivity contribution in [1.29, 1.82) is 0 Å². The summed E-state index contributed by atoms with van der Waals surface area (Å²) in [6.07, 6.45) is 2.28. The van der Waals surface area contributed by atoms with Crippen molar-refractivity contribution in [2.45, 2.75) is 52.2 Å². The summed E-state index contributed by atoms with van der Waals surface area (Å²) in [6, 6.07) is 5.58. The molecule has 27 heavy (non-hydrogen) atoms. The van der Waals surface area contributed by atoms with Crippen LogP contribution in [0.4, 0.5) is 4.79 Å². The number of amides is 2. The highest BCUT2D eigenvalue weighted by molar-refractivity contribution is 5.98. The Kier molecular flexibility index (Phi) is 3.81. The number of benzene rings is 1. The van der Waals surface area contributed by atoms with Gasteiger partial charge in [0.2, 0.25) is 0 Å². The van der Waals surface area contributed by atoms with Crippen LogP contribution in [0.5, 0.6) is 0 Å². The van der Waals surface area contributed by atoms with E-state index >= 15 is 0 Å². The molecule has 6 heteroatoms. The molecule has 1 aliphatic heterocycles. The number of likely N-dealkylation sites (tertiary alicyclic amines) is 1. The third-order valence-electron chi connectivity index (χ3n) is 6.50. The Hall–Kier alpha value is -2.50. The van der Waals surface area contributed by atoms with Crippen molar-refractivity contribution in [3.05, 3.63) is 35.6 Å². The predicted molar refractivity (Wildman–Crippen MR) is 101 cm³/mol. The van der Waals surface area contributed by atoms with Gasteiger partial charge in [-0.3, -0.25) is 4.79 Å². The molecular weight excluding hydrogens is 344 g/mol. The first kappa shape index (κ1) is 17.9. The van der Waals surface area contributed by atoms with E-state index in [1.165, 1.54) is 0 Å². The van der Waals surface area contributed by atoms with Gasteiger partial charge in [0.05, 0.1) is 11.8 Å². The van der Waals surface area contributed by atoms with Gasteiger partial charge in [0.1, 0.15) is 11.7 Å². The number of furan rings is 1. The van der Waals surface area contributed by atoms with E-state index in [2.05, 4.69) is 20.8 Å². The molecule has 2 bridgehead atoms. The maximum absolute atomic E-state index is 13.5. The molecule has 1 saturated heterocycles. The molecule has 1 aliphatic carbocycles. The van der Waals surface area contributed by atoms with Crippen LogP contribution in [0, 0.1) is 18.3 Å². The average molecular weight is 370 g/mol. The first-order valence-electron chi connectivity index (χ1n) is 9.41. The van der Waals surface area contributed by atoms with Crippen molar-refractivity contribution < 1.29 is 18.7 Å². The molecule has 4 rings (SSSR count). The summed E-state index contributed by atoms with van der Waals surface area (Å²) in [4.78, 5) is 26.9. The van der Waals surface area contributed by atoms with Crippen LogP contribution in [0.15, 0.2) is 28.9 Å². The van der Waals surface area contributed by atoms with E-state index in [-0.39, 0.29) is 23.3 Å². The van der Waals surface area contributed by atoms with Crippen LogP contribution in [0.25, 0.3) is 11.0 Å². The normalized spacial score (nSPS) is 27.3. The number of carbonyl (C=O) groups excluding carboxylic acids is 2. The lowest BCUT2D eigenvalue weighted by Crippen LogP contribution is -2.60. The standard InChI is InChI=1S/C21H26N2O4/c1-12-11-26-16-9-13(5-6-15(12)16)18(24)23-10-14-7-8-21(23,20(2,3)4)17(14)27-19(22)25/h5-6,9,11,14,17H,7-8,10H2,1-4H3,(H2,22,25)/t14?,17-,21?/m1/s1. The SMILES string of the molecule is Cc1coc2cc(C(=O)N3CC4CCC3(C(C)(C)C)[C@@H]4OC(N)=O)ccc12. The third-order valence-corrected chi connectivity index (χ3v) is 6.50. The highest BCUT2D eigenvalue weighted by Crippen LogP contribution is 2.57. The molecule has 2 aromatic rings. The summed E-state index contributed by atoms with van der Waals surface area (Å²) in [5, 5.41) is 1.01. The van der Waals surface area contributed by atoms with Gasteiger partial charge in [-0.15, -0.1) is 0 Å². The van der Waals surface area contributed by atoms with Crippen molar-refractivity contribution >= 4 is 23.0 Å². The fraction of sp³-hybridized carbons (Fsp3) is 0.524. The van der Waals surface area contributed by atoms with E-state index in [1.54, 1.807) is 12.3 Å². The van der Waals surface area contributed by atoms with Crippen LogP contribution in [0.3, 0.4) is 0 Å². The maximum Gasteiger partial charge on any atom is 0.404 e. The topological polar surface area (TPSA) is 85.8 Å². The lowest BCUT2D eigenvalue weighted by Gasteiger charge is -2.49. The number of nitrogens with two attached hydrogens (primary N) is 1. The van der Waals surface area contributed by atoms with Crippen molar-refractivity contribution in [2.75, 3.05) is 6.54 Å². The van der Waals surface area contributed by atoms with Gasteiger partial charge in [-0.1, -0.05) is 26.8 Å². The smallest absolute Gasteiger partial charge is 0.404 e. The van der Waals surface area contributed by atoms with Crippen molar-refractivity contribution in [3.8, 4) is 0 Å². The number of primary amides is 1. The summed E-state index contributed by atoms with van der Waals surface area (Å²) in [5.74, 6) is 0.0661. The molecular formula is C21H26N2O4. The highest BCUT2D eigenvalue weighted by Gasteiger charge is 2.66. The van der Waals surface area contributed by atoms with E-state index in [0.717, 1.165) is 23.8 Å². The van der Waals surface area contributed by atoms with Crippen LogP contribution < -0.4 is 5.73 Å². The number of aryl methyl sites for hydroxylation is 1. The minimum absolute atomic E-state index is 0.0545.